The average Bonchev–Trinajstić information content (AvgIpc) is 2.80. The van der Waals surface area contributed by atoms with Gasteiger partial charge in [-0.1, -0.05) is 38.7 Å². The van der Waals surface area contributed by atoms with Crippen LogP contribution in [0.15, 0.2) is 12.7 Å². The topological polar surface area (TPSA) is 0 Å². The molecule has 3 fully saturated rings. The summed E-state index contributed by atoms with van der Waals surface area (Å²) < 4.78 is 0. The van der Waals surface area contributed by atoms with Crippen LogP contribution < -0.4 is 0 Å². The summed E-state index contributed by atoms with van der Waals surface area (Å²) in [5.41, 5.74) is 0. The molecule has 22 heavy (non-hydrogen) atoms. The van der Waals surface area contributed by atoms with Gasteiger partial charge in [-0.3, -0.25) is 0 Å². The molecule has 0 spiro atoms. The lowest BCUT2D eigenvalue weighted by Crippen LogP contribution is -2.28. The Hall–Kier alpha value is -0.260. The number of hydrogen-bond donors (Lipinski definition) is 0. The third-order valence-corrected chi connectivity index (χ3v) is 7.60. The average molecular weight is 303 g/mol. The van der Waals surface area contributed by atoms with Crippen LogP contribution in [0.1, 0.15) is 90.4 Å². The van der Waals surface area contributed by atoms with Crippen LogP contribution in [0.2, 0.25) is 0 Å². The van der Waals surface area contributed by atoms with Gasteiger partial charge in [0.05, 0.1) is 0 Å². The molecule has 0 amide bonds. The first-order valence-corrected chi connectivity index (χ1v) is 10.4. The number of rotatable bonds is 3. The van der Waals surface area contributed by atoms with E-state index in [1.807, 2.05) is 0 Å². The molecule has 3 aliphatic carbocycles. The van der Waals surface area contributed by atoms with Crippen molar-refractivity contribution in [2.24, 2.45) is 35.5 Å². The first kappa shape index (κ1) is 16.6. The Kier molecular flexibility index (Phi) is 6.05. The van der Waals surface area contributed by atoms with Crippen LogP contribution in [0.25, 0.3) is 0 Å². The van der Waals surface area contributed by atoms with E-state index in [9.17, 15) is 0 Å². The second-order valence-electron chi connectivity index (χ2n) is 8.96. The Bertz CT molecular complexity index is 328. The highest BCUT2D eigenvalue weighted by atomic mass is 14.4. The highest BCUT2D eigenvalue weighted by Crippen LogP contribution is 2.45. The van der Waals surface area contributed by atoms with E-state index in [-0.39, 0.29) is 0 Å². The van der Waals surface area contributed by atoms with Gasteiger partial charge in [0.25, 0.3) is 0 Å². The van der Waals surface area contributed by atoms with Crippen molar-refractivity contribution in [3.05, 3.63) is 12.7 Å². The van der Waals surface area contributed by atoms with Gasteiger partial charge < -0.3 is 0 Å². The predicted molar refractivity (Wildman–Crippen MR) is 96.8 cm³/mol. The van der Waals surface area contributed by atoms with Crippen LogP contribution in [-0.2, 0) is 0 Å². The van der Waals surface area contributed by atoms with E-state index < -0.39 is 0 Å². The molecule has 0 aromatic heterocycles. The minimum atomic E-state index is 0.834. The van der Waals surface area contributed by atoms with Crippen LogP contribution >= 0.6 is 0 Å². The van der Waals surface area contributed by atoms with Gasteiger partial charge in [0, 0.05) is 0 Å². The summed E-state index contributed by atoms with van der Waals surface area (Å²) in [6, 6.07) is 0. The summed E-state index contributed by atoms with van der Waals surface area (Å²) in [7, 11) is 0. The lowest BCUT2D eigenvalue weighted by atomic mass is 9.66. The smallest absolute Gasteiger partial charge is 0.0236 e. The summed E-state index contributed by atoms with van der Waals surface area (Å²) >= 11 is 0. The third-order valence-electron chi connectivity index (χ3n) is 7.60. The molecule has 0 nitrogen and oxygen atoms in total. The van der Waals surface area contributed by atoms with E-state index >= 15 is 0 Å². The van der Waals surface area contributed by atoms with Gasteiger partial charge in [0.15, 0.2) is 0 Å². The molecule has 2 atom stereocenters. The lowest BCUT2D eigenvalue weighted by molar-refractivity contribution is 0.126. The molecule has 3 saturated carbocycles. The normalized spacial score (nSPS) is 44.2. The quantitative estimate of drug-likeness (QED) is 0.389. The molecule has 2 unspecified atom stereocenters. The maximum absolute atomic E-state index is 4.00. The third kappa shape index (κ3) is 4.18. The van der Waals surface area contributed by atoms with E-state index in [1.165, 1.54) is 44.9 Å². The van der Waals surface area contributed by atoms with Crippen molar-refractivity contribution in [3.63, 3.8) is 0 Å². The minimum absolute atomic E-state index is 0.834. The van der Waals surface area contributed by atoms with Gasteiger partial charge in [0.2, 0.25) is 0 Å². The molecule has 0 heterocycles. The molecular weight excluding hydrogens is 264 g/mol. The maximum atomic E-state index is 4.00. The Morgan fingerprint density at radius 3 is 1.59 bits per heavy atom. The number of hydrogen-bond acceptors (Lipinski definition) is 0. The van der Waals surface area contributed by atoms with Crippen LogP contribution in [-0.4, -0.2) is 0 Å². The minimum Gasteiger partial charge on any atom is -0.103 e. The first-order chi connectivity index (χ1) is 10.8. The SMILES string of the molecule is C=CC1CCC(C2CCC(C3CCCC(C)CC3)CC2)CC1. The van der Waals surface area contributed by atoms with Gasteiger partial charge in [-0.2, -0.15) is 0 Å². The first-order valence-electron chi connectivity index (χ1n) is 10.4. The standard InChI is InChI=1S/C22H38/c1-3-18-8-11-20(12-9-18)22-15-13-21(14-16-22)19-6-4-5-17(2)7-10-19/h3,17-22H,1,4-16H2,2H3. The molecule has 0 aliphatic heterocycles. The molecule has 0 heteroatoms. The van der Waals surface area contributed by atoms with E-state index in [1.54, 1.807) is 38.5 Å². The van der Waals surface area contributed by atoms with Crippen LogP contribution in [0.3, 0.4) is 0 Å². The van der Waals surface area contributed by atoms with Crippen molar-refractivity contribution >= 4 is 0 Å². The zero-order valence-corrected chi connectivity index (χ0v) is 14.9. The molecule has 0 aromatic carbocycles. The van der Waals surface area contributed by atoms with E-state index in [0.717, 1.165) is 35.5 Å². The molecule has 0 N–H and O–H groups in total. The molecular formula is C22H38. The van der Waals surface area contributed by atoms with Gasteiger partial charge in [0.1, 0.15) is 0 Å². The molecule has 0 aromatic rings. The zero-order valence-electron chi connectivity index (χ0n) is 14.9. The highest BCUT2D eigenvalue weighted by molar-refractivity contribution is 4.88. The summed E-state index contributed by atoms with van der Waals surface area (Å²) in [6.07, 6.45) is 21.9. The van der Waals surface area contributed by atoms with Crippen molar-refractivity contribution in [1.29, 1.82) is 0 Å². The van der Waals surface area contributed by atoms with Crippen molar-refractivity contribution in [3.8, 4) is 0 Å². The molecule has 0 radical (unpaired) electrons. The largest absolute Gasteiger partial charge is 0.103 e. The molecule has 126 valence electrons. The van der Waals surface area contributed by atoms with Gasteiger partial charge >= 0.3 is 0 Å². The van der Waals surface area contributed by atoms with Gasteiger partial charge in [-0.15, -0.1) is 6.58 Å². The van der Waals surface area contributed by atoms with Crippen molar-refractivity contribution in [2.45, 2.75) is 90.4 Å². The summed E-state index contributed by atoms with van der Waals surface area (Å²) in [5, 5.41) is 0. The van der Waals surface area contributed by atoms with Crippen LogP contribution in [0, 0.1) is 35.5 Å². The summed E-state index contributed by atoms with van der Waals surface area (Å²) in [6.45, 7) is 6.47. The van der Waals surface area contributed by atoms with Crippen molar-refractivity contribution in [1.82, 2.24) is 0 Å². The molecule has 3 rings (SSSR count). The molecule has 0 bridgehead atoms. The fourth-order valence-corrected chi connectivity index (χ4v) is 5.93. The number of allylic oxidation sites excluding steroid dienone is 1. The maximum Gasteiger partial charge on any atom is -0.0236 e. The van der Waals surface area contributed by atoms with E-state index in [0.29, 0.717) is 0 Å². The highest BCUT2D eigenvalue weighted by Gasteiger charge is 2.33. The van der Waals surface area contributed by atoms with Crippen LogP contribution in [0.4, 0.5) is 0 Å². The second kappa shape index (κ2) is 8.02. The van der Waals surface area contributed by atoms with E-state index in [2.05, 4.69) is 19.6 Å². The van der Waals surface area contributed by atoms with Crippen molar-refractivity contribution in [2.75, 3.05) is 0 Å². The van der Waals surface area contributed by atoms with E-state index in [4.69, 9.17) is 0 Å². The Labute approximate surface area is 139 Å². The Morgan fingerprint density at radius 1 is 0.591 bits per heavy atom. The lowest BCUT2D eigenvalue weighted by Gasteiger charge is -2.39. The summed E-state index contributed by atoms with van der Waals surface area (Å²) in [5.74, 6) is 6.15. The second-order valence-corrected chi connectivity index (χ2v) is 8.96. The molecule has 0 saturated heterocycles. The monoisotopic (exact) mass is 302 g/mol. The summed E-state index contributed by atoms with van der Waals surface area (Å²) in [4.78, 5) is 0. The van der Waals surface area contributed by atoms with Crippen molar-refractivity contribution < 1.29 is 0 Å². The van der Waals surface area contributed by atoms with Crippen LogP contribution in [0.5, 0.6) is 0 Å². The fraction of sp³-hybridized carbons (Fsp3) is 0.909. The Morgan fingerprint density at radius 2 is 1.05 bits per heavy atom. The van der Waals surface area contributed by atoms with Gasteiger partial charge in [-0.05, 0) is 93.3 Å². The van der Waals surface area contributed by atoms with Gasteiger partial charge in [-0.25, -0.2) is 0 Å². The predicted octanol–water partition coefficient (Wildman–Crippen LogP) is 7.00. The fourth-order valence-electron chi connectivity index (χ4n) is 5.93. The Balaban J connectivity index is 1.43. The zero-order chi connectivity index (χ0) is 15.4. The molecule has 3 aliphatic rings.